The molecule has 0 bridgehead atoms. The zero-order chi connectivity index (χ0) is 13.6. The minimum atomic E-state index is -1.66. The van der Waals surface area contributed by atoms with Crippen LogP contribution in [0.5, 0.6) is 0 Å². The van der Waals surface area contributed by atoms with Crippen LogP contribution in [0.3, 0.4) is 0 Å². The maximum absolute atomic E-state index is 10.6. The van der Waals surface area contributed by atoms with Gasteiger partial charge >= 0.3 is 84.7 Å². The van der Waals surface area contributed by atoms with E-state index in [2.05, 4.69) is 0 Å². The number of rotatable bonds is 8. The van der Waals surface area contributed by atoms with Crippen LogP contribution in [0.2, 0.25) is 0 Å². The van der Waals surface area contributed by atoms with E-state index in [1.807, 2.05) is 5.32 Å². The van der Waals surface area contributed by atoms with Crippen molar-refractivity contribution in [2.45, 2.75) is 24.9 Å². The van der Waals surface area contributed by atoms with Crippen LogP contribution in [0.15, 0.2) is 0 Å². The van der Waals surface area contributed by atoms with E-state index in [9.17, 15) is 19.2 Å². The largest absolute Gasteiger partial charge is 2.00 e. The Balaban J connectivity index is -0.0000000853. The fourth-order valence-corrected chi connectivity index (χ4v) is 1.03. The monoisotopic (exact) mass is 317 g/mol. The zero-order valence-electron chi connectivity index (χ0n) is 13.9. The van der Waals surface area contributed by atoms with Crippen molar-refractivity contribution in [1.29, 1.82) is 0 Å². The molecule has 11 heteroatoms. The summed E-state index contributed by atoms with van der Waals surface area (Å²) in [6.07, 6.45) is -1.70. The molecule has 0 aromatic heterocycles. The van der Waals surface area contributed by atoms with Gasteiger partial charge in [-0.05, 0) is 0 Å². The van der Waals surface area contributed by atoms with Gasteiger partial charge in [0.15, 0.2) is 0 Å². The molecule has 0 radical (unpaired) electrons. The smallest absolute Gasteiger partial charge is 1.00 e. The Morgan fingerprint density at radius 1 is 0.842 bits per heavy atom. The van der Waals surface area contributed by atoms with Crippen molar-refractivity contribution in [3.8, 4) is 0 Å². The molecule has 2 atom stereocenters. The molecule has 104 valence electrons. The predicted octanol–water partition coefficient (Wildman–Crippen LogP) is -1.88. The quantitative estimate of drug-likeness (QED) is 0.322. The third-order valence-corrected chi connectivity index (χ3v) is 1.76. The number of carbonyl (C=O) groups is 4. The Morgan fingerprint density at radius 3 is 1.26 bits per heavy atom. The number of nitrogens with one attached hydrogen (secondary N) is 1. The van der Waals surface area contributed by atoms with Gasteiger partial charge in [0.25, 0.3) is 0 Å². The molecule has 0 aliphatic heterocycles. The number of carboxylic acids is 4. The molecule has 19 heavy (non-hydrogen) atoms. The van der Waals surface area contributed by atoms with Gasteiger partial charge in [0, 0.05) is 0 Å². The van der Waals surface area contributed by atoms with E-state index in [1.165, 1.54) is 0 Å². The maximum Gasteiger partial charge on any atom is 2.00 e. The second-order valence-corrected chi connectivity index (χ2v) is 3.14. The van der Waals surface area contributed by atoms with Crippen LogP contribution in [0, 0.1) is 0 Å². The number of hydrogen-bond acceptors (Lipinski definition) is 5. The van der Waals surface area contributed by atoms with Gasteiger partial charge in [-0.1, -0.05) is 0 Å². The Kier molecular flexibility index (Phi) is 14.7. The van der Waals surface area contributed by atoms with Gasteiger partial charge in [0.2, 0.25) is 0 Å². The molecule has 0 aliphatic carbocycles. The van der Waals surface area contributed by atoms with Crippen LogP contribution >= 0.6 is 0 Å². The summed E-state index contributed by atoms with van der Waals surface area (Å²) in [5, 5.41) is 36.0. The van der Waals surface area contributed by atoms with Crippen molar-refractivity contribution in [2.24, 2.45) is 0 Å². The Morgan fingerprint density at radius 2 is 1.11 bits per heavy atom. The molecular weight excluding hydrogens is 302 g/mol. The third-order valence-electron chi connectivity index (χ3n) is 1.76. The van der Waals surface area contributed by atoms with Gasteiger partial charge in [0.1, 0.15) is 12.1 Å². The Bertz CT molecular complexity index is 333. The number of hydrogen-bond donors (Lipinski definition) is 5. The summed E-state index contributed by atoms with van der Waals surface area (Å²) in [7, 11) is 0. The van der Waals surface area contributed by atoms with E-state index in [4.69, 9.17) is 20.4 Å². The molecule has 9 nitrogen and oxygen atoms in total. The minimum Gasteiger partial charge on any atom is -1.00 e. The van der Waals surface area contributed by atoms with Crippen molar-refractivity contribution >= 4 is 84.7 Å². The first kappa shape index (κ1) is 23.9. The topological polar surface area (TPSA) is 161 Å². The molecule has 0 saturated heterocycles. The van der Waals surface area contributed by atoms with Gasteiger partial charge in [-0.15, -0.1) is 0 Å². The molecule has 5 N–H and O–H groups in total. The molecule has 0 spiro atoms. The van der Waals surface area contributed by atoms with Gasteiger partial charge in [0.05, 0.1) is 12.8 Å². The van der Waals surface area contributed by atoms with Crippen LogP contribution < -0.4 is 5.32 Å². The van der Waals surface area contributed by atoms with Gasteiger partial charge < -0.3 is 26.1 Å². The Hall–Kier alpha value is -0.134. The number of aliphatic carboxylic acids is 4. The molecule has 0 aliphatic rings. The van der Waals surface area contributed by atoms with Gasteiger partial charge in [-0.25, -0.2) is 0 Å². The molecular formula is C8H15CaMgNO8. The second kappa shape index (κ2) is 11.7. The molecule has 0 aromatic rings. The molecule has 0 aromatic carbocycles. The van der Waals surface area contributed by atoms with Crippen LogP contribution in [-0.2, 0) is 19.2 Å². The van der Waals surface area contributed by atoms with Crippen LogP contribution in [-0.4, -0.2) is 117 Å². The van der Waals surface area contributed by atoms with Crippen LogP contribution in [0.1, 0.15) is 18.5 Å². The molecule has 0 fully saturated rings. The van der Waals surface area contributed by atoms with Crippen molar-refractivity contribution in [2.75, 3.05) is 0 Å². The molecule has 0 saturated carbocycles. The van der Waals surface area contributed by atoms with Crippen molar-refractivity contribution < 1.29 is 45.3 Å². The normalized spacial score (nSPS) is 12.2. The summed E-state index contributed by atoms with van der Waals surface area (Å²) >= 11 is 0. The number of carboxylic acid groups (broad SMARTS) is 4. The van der Waals surface area contributed by atoms with Crippen LogP contribution in [0.4, 0.5) is 0 Å². The fraction of sp³-hybridized carbons (Fsp3) is 0.500. The summed E-state index contributed by atoms with van der Waals surface area (Å²) < 4.78 is 0. The summed E-state index contributed by atoms with van der Waals surface area (Å²) in [5.41, 5.74) is 0. The summed E-state index contributed by atoms with van der Waals surface area (Å²) in [4.78, 5) is 41.9. The van der Waals surface area contributed by atoms with E-state index in [0.717, 1.165) is 0 Å². The third kappa shape index (κ3) is 11.4. The summed E-state index contributed by atoms with van der Waals surface area (Å²) in [6.45, 7) is 0. The van der Waals surface area contributed by atoms with E-state index in [0.29, 0.717) is 0 Å². The second-order valence-electron chi connectivity index (χ2n) is 3.14. The maximum atomic E-state index is 10.6. The Labute approximate surface area is 159 Å². The SMILES string of the molecule is O=C(O)CC(NC(CC(=O)O)C(=O)O)C(=O)O.[Ca+2].[H-].[H-].[H-].[H-].[Mg+2]. The fourth-order valence-electron chi connectivity index (χ4n) is 1.03. The average Bonchev–Trinajstić information content (AvgIpc) is 2.13. The van der Waals surface area contributed by atoms with Crippen molar-refractivity contribution in [1.82, 2.24) is 5.32 Å². The van der Waals surface area contributed by atoms with E-state index < -0.39 is 48.8 Å². The van der Waals surface area contributed by atoms with E-state index >= 15 is 0 Å². The first-order valence-electron chi connectivity index (χ1n) is 4.39. The zero-order valence-corrected chi connectivity index (χ0v) is 13.5. The van der Waals surface area contributed by atoms with E-state index in [-0.39, 0.29) is 66.5 Å². The van der Waals surface area contributed by atoms with E-state index in [1.54, 1.807) is 0 Å². The first-order chi connectivity index (χ1) is 7.73. The standard InChI is InChI=1S/C8H11NO8.Ca.Mg.4H/c10-5(11)1-3(7(14)15)9-4(8(16)17)2-6(12)13;;;;;;/h3-4,9H,1-2H2,(H,10,11)(H,12,13)(H,14,15)(H,16,17);;;;;;/q;2*+2;4*-1. The van der Waals surface area contributed by atoms with Crippen molar-refractivity contribution in [3.63, 3.8) is 0 Å². The van der Waals surface area contributed by atoms with Gasteiger partial charge in [-0.2, -0.15) is 0 Å². The predicted molar refractivity (Wildman–Crippen MR) is 66.4 cm³/mol. The van der Waals surface area contributed by atoms with Crippen molar-refractivity contribution in [3.05, 3.63) is 0 Å². The first-order valence-corrected chi connectivity index (χ1v) is 4.39. The van der Waals surface area contributed by atoms with Crippen LogP contribution in [0.25, 0.3) is 0 Å². The summed E-state index contributed by atoms with van der Waals surface area (Å²) in [6, 6.07) is -3.32. The molecule has 0 rings (SSSR count). The minimum absolute atomic E-state index is 0. The summed E-state index contributed by atoms with van der Waals surface area (Å²) in [5.74, 6) is -6.01. The molecule has 2 unspecified atom stereocenters. The van der Waals surface area contributed by atoms with Gasteiger partial charge in [-0.3, -0.25) is 24.5 Å². The molecule has 0 amide bonds. The molecule has 0 heterocycles. The average molecular weight is 318 g/mol.